The fraction of sp³-hybridized carbons (Fsp3) is 0.650. The topological polar surface area (TPSA) is 41.6 Å². The van der Waals surface area contributed by atoms with Crippen LogP contribution in [0.1, 0.15) is 45.6 Å². The lowest BCUT2D eigenvalue weighted by molar-refractivity contribution is -0.149. The minimum atomic E-state index is -2.71. The van der Waals surface area contributed by atoms with Gasteiger partial charge in [-0.3, -0.25) is 4.90 Å². The predicted octanol–water partition coefficient (Wildman–Crippen LogP) is 4.20. The van der Waals surface area contributed by atoms with Gasteiger partial charge in [0.25, 0.3) is 5.92 Å². The lowest BCUT2D eigenvalue weighted by atomic mass is 9.65. The van der Waals surface area contributed by atoms with E-state index in [0.717, 1.165) is 19.5 Å². The quantitative estimate of drug-likeness (QED) is 0.868. The molecule has 1 aromatic rings. The number of amides is 1. The molecule has 1 amide bonds. The van der Waals surface area contributed by atoms with E-state index in [-0.39, 0.29) is 18.8 Å². The number of alkyl carbamates (subject to hydrolysis) is 1. The van der Waals surface area contributed by atoms with Crippen molar-refractivity contribution in [2.45, 2.75) is 63.6 Å². The highest BCUT2D eigenvalue weighted by atomic mass is 19.3. The smallest absolute Gasteiger partial charge is 0.408 e. The minimum Gasteiger partial charge on any atom is -0.444 e. The minimum absolute atomic E-state index is 0.0124. The molecular weight excluding hydrogens is 338 g/mol. The first-order valence-corrected chi connectivity index (χ1v) is 9.22. The van der Waals surface area contributed by atoms with Crippen molar-refractivity contribution in [3.8, 4) is 0 Å². The summed E-state index contributed by atoms with van der Waals surface area (Å²) < 4.78 is 32.7. The molecule has 2 aliphatic rings. The predicted molar refractivity (Wildman–Crippen MR) is 96.1 cm³/mol. The lowest BCUT2D eigenvalue weighted by Crippen LogP contribution is -2.66. The summed E-state index contributed by atoms with van der Waals surface area (Å²) in [6, 6.07) is 10.1. The molecule has 0 radical (unpaired) electrons. The summed E-state index contributed by atoms with van der Waals surface area (Å²) in [6.07, 6.45) is -0.403. The van der Waals surface area contributed by atoms with E-state index in [1.54, 1.807) is 20.8 Å². The number of halogens is 2. The maximum atomic E-state index is 13.7. The van der Waals surface area contributed by atoms with Crippen LogP contribution in [0.4, 0.5) is 13.6 Å². The number of benzene rings is 1. The zero-order valence-electron chi connectivity index (χ0n) is 15.7. The van der Waals surface area contributed by atoms with Gasteiger partial charge < -0.3 is 10.1 Å². The van der Waals surface area contributed by atoms with E-state index in [2.05, 4.69) is 22.3 Å². The third-order valence-corrected chi connectivity index (χ3v) is 5.20. The van der Waals surface area contributed by atoms with Gasteiger partial charge in [-0.2, -0.15) is 0 Å². The molecule has 1 heterocycles. The second kappa shape index (κ2) is 6.80. The van der Waals surface area contributed by atoms with Gasteiger partial charge in [0, 0.05) is 25.9 Å². The number of hydrogen-bond acceptors (Lipinski definition) is 3. The van der Waals surface area contributed by atoms with E-state index in [1.807, 2.05) is 18.2 Å². The van der Waals surface area contributed by atoms with Gasteiger partial charge >= 0.3 is 6.09 Å². The first kappa shape index (κ1) is 19.1. The number of nitrogens with zero attached hydrogens (tertiary/aromatic N) is 1. The zero-order chi connectivity index (χ0) is 19.0. The van der Waals surface area contributed by atoms with Crippen LogP contribution in [0, 0.1) is 5.92 Å². The highest BCUT2D eigenvalue weighted by Crippen LogP contribution is 2.51. The lowest BCUT2D eigenvalue weighted by Gasteiger charge is -2.51. The molecule has 1 saturated carbocycles. The number of alkyl halides is 2. The van der Waals surface area contributed by atoms with E-state index >= 15 is 0 Å². The summed E-state index contributed by atoms with van der Waals surface area (Å²) in [6.45, 7) is 7.67. The molecule has 1 aliphatic carbocycles. The Morgan fingerprint density at radius 3 is 2.50 bits per heavy atom. The third-order valence-electron chi connectivity index (χ3n) is 5.20. The monoisotopic (exact) mass is 366 g/mol. The van der Waals surface area contributed by atoms with Gasteiger partial charge in [-0.25, -0.2) is 13.6 Å². The van der Waals surface area contributed by atoms with Crippen LogP contribution in [0.15, 0.2) is 30.3 Å². The fourth-order valence-corrected chi connectivity index (χ4v) is 4.13. The van der Waals surface area contributed by atoms with Crippen LogP contribution in [-0.2, 0) is 11.3 Å². The molecule has 0 spiro atoms. The Kier molecular flexibility index (Phi) is 4.99. The number of hydrogen-bond donors (Lipinski definition) is 1. The van der Waals surface area contributed by atoms with Crippen molar-refractivity contribution in [2.75, 3.05) is 13.1 Å². The van der Waals surface area contributed by atoms with Gasteiger partial charge in [-0.15, -0.1) is 0 Å². The SMILES string of the molecule is CC(C)(C)OC(=O)NC1(C2CCN(Cc3ccccc3)C2)CC(F)(F)C1. The number of rotatable bonds is 4. The molecule has 144 valence electrons. The molecule has 1 aliphatic heterocycles. The van der Waals surface area contributed by atoms with Crippen molar-refractivity contribution < 1.29 is 18.3 Å². The standard InChI is InChI=1S/C20H28F2N2O2/c1-18(2,3)26-17(25)23-19(13-20(21,22)14-19)16-9-10-24(12-16)11-15-7-5-4-6-8-15/h4-8,16H,9-14H2,1-3H3,(H,23,25). The Morgan fingerprint density at radius 1 is 1.27 bits per heavy atom. The zero-order valence-corrected chi connectivity index (χ0v) is 15.7. The Hall–Kier alpha value is -1.69. The molecule has 1 N–H and O–H groups in total. The van der Waals surface area contributed by atoms with Crippen molar-refractivity contribution in [3.63, 3.8) is 0 Å². The van der Waals surface area contributed by atoms with E-state index < -0.39 is 23.2 Å². The van der Waals surface area contributed by atoms with Gasteiger partial charge in [0.2, 0.25) is 0 Å². The van der Waals surface area contributed by atoms with Crippen molar-refractivity contribution in [2.24, 2.45) is 5.92 Å². The Balaban J connectivity index is 1.64. The van der Waals surface area contributed by atoms with E-state index in [9.17, 15) is 13.6 Å². The molecule has 1 unspecified atom stereocenters. The Bertz CT molecular complexity index is 635. The van der Waals surface area contributed by atoms with Crippen LogP contribution in [0.25, 0.3) is 0 Å². The third kappa shape index (κ3) is 4.53. The summed E-state index contributed by atoms with van der Waals surface area (Å²) in [5.74, 6) is -2.69. The molecule has 6 heteroatoms. The fourth-order valence-electron chi connectivity index (χ4n) is 4.13. The largest absolute Gasteiger partial charge is 0.444 e. The average Bonchev–Trinajstić information content (AvgIpc) is 2.93. The summed E-state index contributed by atoms with van der Waals surface area (Å²) in [4.78, 5) is 14.5. The summed E-state index contributed by atoms with van der Waals surface area (Å²) >= 11 is 0. The van der Waals surface area contributed by atoms with Crippen LogP contribution < -0.4 is 5.32 Å². The summed E-state index contributed by atoms with van der Waals surface area (Å²) in [7, 11) is 0. The second-order valence-corrected chi connectivity index (χ2v) is 8.70. The summed E-state index contributed by atoms with van der Waals surface area (Å²) in [5.41, 5.74) is -0.301. The Morgan fingerprint density at radius 2 is 1.92 bits per heavy atom. The van der Waals surface area contributed by atoms with Crippen molar-refractivity contribution >= 4 is 6.09 Å². The molecule has 1 aromatic carbocycles. The van der Waals surface area contributed by atoms with Crippen molar-refractivity contribution in [3.05, 3.63) is 35.9 Å². The average molecular weight is 366 g/mol. The number of carbonyl (C=O) groups excluding carboxylic acids is 1. The van der Waals surface area contributed by atoms with Crippen molar-refractivity contribution in [1.29, 1.82) is 0 Å². The van der Waals surface area contributed by atoms with Gasteiger partial charge in [-0.05, 0) is 45.2 Å². The highest BCUT2D eigenvalue weighted by Gasteiger charge is 2.61. The van der Waals surface area contributed by atoms with Crippen LogP contribution >= 0.6 is 0 Å². The van der Waals surface area contributed by atoms with Crippen LogP contribution in [-0.4, -0.2) is 41.1 Å². The van der Waals surface area contributed by atoms with Crippen LogP contribution in [0.5, 0.6) is 0 Å². The molecule has 3 rings (SSSR count). The number of nitrogens with one attached hydrogen (secondary N) is 1. The number of likely N-dealkylation sites (tertiary alicyclic amines) is 1. The molecule has 26 heavy (non-hydrogen) atoms. The van der Waals surface area contributed by atoms with Crippen LogP contribution in [0.3, 0.4) is 0 Å². The van der Waals surface area contributed by atoms with Gasteiger partial charge in [0.1, 0.15) is 5.60 Å². The normalized spacial score (nSPS) is 24.7. The molecule has 0 bridgehead atoms. The van der Waals surface area contributed by atoms with E-state index in [0.29, 0.717) is 6.54 Å². The maximum absolute atomic E-state index is 13.7. The Labute approximate surface area is 153 Å². The van der Waals surface area contributed by atoms with Gasteiger partial charge in [-0.1, -0.05) is 30.3 Å². The molecule has 1 saturated heterocycles. The highest BCUT2D eigenvalue weighted by molar-refractivity contribution is 5.69. The first-order valence-electron chi connectivity index (χ1n) is 9.22. The molecular formula is C20H28F2N2O2. The second-order valence-electron chi connectivity index (χ2n) is 8.70. The molecule has 2 fully saturated rings. The molecule has 0 aromatic heterocycles. The van der Waals surface area contributed by atoms with E-state index in [1.165, 1.54) is 5.56 Å². The van der Waals surface area contributed by atoms with Gasteiger partial charge in [0.05, 0.1) is 5.54 Å². The van der Waals surface area contributed by atoms with Crippen LogP contribution in [0.2, 0.25) is 0 Å². The van der Waals surface area contributed by atoms with Gasteiger partial charge in [0.15, 0.2) is 0 Å². The molecule has 1 atom stereocenters. The first-order chi connectivity index (χ1) is 12.1. The van der Waals surface area contributed by atoms with E-state index in [4.69, 9.17) is 4.74 Å². The van der Waals surface area contributed by atoms with Crippen molar-refractivity contribution in [1.82, 2.24) is 10.2 Å². The summed E-state index contributed by atoms with van der Waals surface area (Å²) in [5, 5.41) is 2.80. The maximum Gasteiger partial charge on any atom is 0.408 e. The number of ether oxygens (including phenoxy) is 1. The molecule has 4 nitrogen and oxygen atoms in total. The number of carbonyl (C=O) groups is 1.